The molecule has 7 heteroatoms. The zero-order chi connectivity index (χ0) is 22.9. The van der Waals surface area contributed by atoms with Gasteiger partial charge >= 0.3 is 0 Å². The number of benzene rings is 2. The molecule has 0 bridgehead atoms. The molecule has 0 aromatic heterocycles. The van der Waals surface area contributed by atoms with Gasteiger partial charge in [0.15, 0.2) is 6.17 Å². The first-order chi connectivity index (χ1) is 15.3. The number of rotatable bonds is 6. The lowest BCUT2D eigenvalue weighted by atomic mass is 9.88. The quantitative estimate of drug-likeness (QED) is 0.698. The number of ether oxygens (including phenoxy) is 2. The summed E-state index contributed by atoms with van der Waals surface area (Å²) in [6.07, 6.45) is -1.02. The van der Waals surface area contributed by atoms with Gasteiger partial charge in [-0.05, 0) is 68.1 Å². The third-order valence-electron chi connectivity index (χ3n) is 6.02. The zero-order valence-electron chi connectivity index (χ0n) is 18.4. The average molecular weight is 446 g/mol. The Morgan fingerprint density at radius 3 is 2.81 bits per heavy atom. The topological polar surface area (TPSA) is 67.8 Å². The monoisotopic (exact) mass is 445 g/mol. The molecule has 0 radical (unpaired) electrons. The van der Waals surface area contributed by atoms with Crippen molar-refractivity contribution >= 4 is 5.91 Å². The Morgan fingerprint density at radius 2 is 2.03 bits per heavy atom. The van der Waals surface area contributed by atoms with Gasteiger partial charge in [0, 0.05) is 24.0 Å². The second-order valence-electron chi connectivity index (χ2n) is 9.18. The van der Waals surface area contributed by atoms with Crippen LogP contribution in [0.4, 0.5) is 8.78 Å². The SMILES string of the molecule is CC1(C)CC(NC(=O)c2ccc3c(c2)CCCO3)c2cc(CC(O)C(F)CF)ccc2O1. The van der Waals surface area contributed by atoms with Gasteiger partial charge in [0.25, 0.3) is 5.91 Å². The highest BCUT2D eigenvalue weighted by Gasteiger charge is 2.35. The summed E-state index contributed by atoms with van der Waals surface area (Å²) in [4.78, 5) is 13.1. The molecule has 0 aliphatic carbocycles. The predicted octanol–water partition coefficient (Wildman–Crippen LogP) is 4.25. The summed E-state index contributed by atoms with van der Waals surface area (Å²) in [6.45, 7) is 3.38. The van der Waals surface area contributed by atoms with Crippen LogP contribution in [0.2, 0.25) is 0 Å². The normalized spacial score (nSPS) is 20.7. The fourth-order valence-corrected chi connectivity index (χ4v) is 4.38. The summed E-state index contributed by atoms with van der Waals surface area (Å²) >= 11 is 0. The van der Waals surface area contributed by atoms with Gasteiger partial charge in [-0.15, -0.1) is 0 Å². The predicted molar refractivity (Wildman–Crippen MR) is 117 cm³/mol. The molecule has 2 aromatic rings. The van der Waals surface area contributed by atoms with Gasteiger partial charge in [0.05, 0.1) is 18.8 Å². The number of fused-ring (bicyclic) bond motifs is 2. The minimum Gasteiger partial charge on any atom is -0.493 e. The number of hydrogen-bond donors (Lipinski definition) is 2. The van der Waals surface area contributed by atoms with Gasteiger partial charge in [-0.25, -0.2) is 8.78 Å². The fraction of sp³-hybridized carbons (Fsp3) is 0.480. The minimum absolute atomic E-state index is 0.0206. The Morgan fingerprint density at radius 1 is 1.25 bits per heavy atom. The lowest BCUT2D eigenvalue weighted by molar-refractivity contribution is 0.0596. The van der Waals surface area contributed by atoms with Crippen molar-refractivity contribution in [3.8, 4) is 11.5 Å². The average Bonchev–Trinajstić information content (AvgIpc) is 2.77. The van der Waals surface area contributed by atoms with Crippen LogP contribution in [-0.4, -0.2) is 42.2 Å². The molecular formula is C25H29F2NO4. The van der Waals surface area contributed by atoms with Gasteiger partial charge in [-0.2, -0.15) is 0 Å². The van der Waals surface area contributed by atoms with Crippen LogP contribution in [-0.2, 0) is 12.8 Å². The van der Waals surface area contributed by atoms with E-state index in [0.29, 0.717) is 29.9 Å². The van der Waals surface area contributed by atoms with Crippen molar-refractivity contribution in [2.75, 3.05) is 13.3 Å². The van der Waals surface area contributed by atoms with Crippen LogP contribution in [0.15, 0.2) is 36.4 Å². The third kappa shape index (κ3) is 4.88. The molecule has 2 aliphatic rings. The smallest absolute Gasteiger partial charge is 0.251 e. The molecule has 2 heterocycles. The Hall–Kier alpha value is -2.67. The van der Waals surface area contributed by atoms with E-state index in [1.807, 2.05) is 26.0 Å². The van der Waals surface area contributed by atoms with Gasteiger partial charge in [-0.3, -0.25) is 4.79 Å². The van der Waals surface area contributed by atoms with Crippen molar-refractivity contribution in [2.45, 2.75) is 63.4 Å². The summed E-state index contributed by atoms with van der Waals surface area (Å²) in [6, 6.07) is 10.4. The zero-order valence-corrected chi connectivity index (χ0v) is 18.4. The molecule has 4 rings (SSSR count). The largest absolute Gasteiger partial charge is 0.493 e. The number of hydrogen-bond acceptors (Lipinski definition) is 4. The van der Waals surface area contributed by atoms with Crippen molar-refractivity contribution in [1.82, 2.24) is 5.32 Å². The number of nitrogens with one attached hydrogen (secondary N) is 1. The maximum Gasteiger partial charge on any atom is 0.251 e. The lowest BCUT2D eigenvalue weighted by Crippen LogP contribution is -2.41. The molecule has 0 saturated heterocycles. The lowest BCUT2D eigenvalue weighted by Gasteiger charge is -2.38. The van der Waals surface area contributed by atoms with E-state index in [9.17, 15) is 18.7 Å². The van der Waals surface area contributed by atoms with E-state index < -0.39 is 24.6 Å². The van der Waals surface area contributed by atoms with Crippen molar-refractivity contribution < 1.29 is 28.2 Å². The number of carbonyl (C=O) groups is 1. The van der Waals surface area contributed by atoms with E-state index in [1.54, 1.807) is 24.3 Å². The summed E-state index contributed by atoms with van der Waals surface area (Å²) in [5, 5.41) is 13.0. The van der Waals surface area contributed by atoms with Gasteiger partial charge in [0.1, 0.15) is 23.8 Å². The number of amides is 1. The van der Waals surface area contributed by atoms with E-state index in [4.69, 9.17) is 9.47 Å². The highest BCUT2D eigenvalue weighted by Crippen LogP contribution is 2.40. The molecule has 0 saturated carbocycles. The number of aryl methyl sites for hydroxylation is 1. The minimum atomic E-state index is -1.93. The van der Waals surface area contributed by atoms with E-state index in [1.165, 1.54) is 0 Å². The van der Waals surface area contributed by atoms with Crippen molar-refractivity contribution in [3.05, 3.63) is 58.7 Å². The maximum atomic E-state index is 13.5. The first-order valence-electron chi connectivity index (χ1n) is 11.0. The summed E-state index contributed by atoms with van der Waals surface area (Å²) in [7, 11) is 0. The van der Waals surface area contributed by atoms with Crippen molar-refractivity contribution in [3.63, 3.8) is 0 Å². The summed E-state index contributed by atoms with van der Waals surface area (Å²) in [5.74, 6) is 1.26. The van der Waals surface area contributed by atoms with E-state index >= 15 is 0 Å². The van der Waals surface area contributed by atoms with Gasteiger partial charge in [0.2, 0.25) is 0 Å². The van der Waals surface area contributed by atoms with E-state index in [0.717, 1.165) is 29.7 Å². The molecule has 0 spiro atoms. The molecule has 2 aliphatic heterocycles. The van der Waals surface area contributed by atoms with Crippen LogP contribution in [0.3, 0.4) is 0 Å². The highest BCUT2D eigenvalue weighted by atomic mass is 19.2. The van der Waals surface area contributed by atoms with Crippen LogP contribution in [0.25, 0.3) is 0 Å². The number of aliphatic hydroxyl groups excluding tert-OH is 1. The second kappa shape index (κ2) is 9.06. The second-order valence-corrected chi connectivity index (χ2v) is 9.18. The van der Waals surface area contributed by atoms with Gasteiger partial charge < -0.3 is 19.9 Å². The van der Waals surface area contributed by atoms with E-state index in [-0.39, 0.29) is 18.4 Å². The van der Waals surface area contributed by atoms with Crippen LogP contribution >= 0.6 is 0 Å². The first-order valence-corrected chi connectivity index (χ1v) is 11.0. The molecule has 32 heavy (non-hydrogen) atoms. The third-order valence-corrected chi connectivity index (χ3v) is 6.02. The molecule has 3 atom stereocenters. The standard InChI is InChI=1S/C25H29F2NO4/c1-25(2)13-20(28-24(30)17-6-8-22-16(12-17)4-3-9-31-22)18-10-15(5-7-23(18)32-25)11-21(29)19(27)14-26/h5-8,10,12,19-21,29H,3-4,9,11,13-14H2,1-2H3,(H,28,30). The fourth-order valence-electron chi connectivity index (χ4n) is 4.38. The van der Waals surface area contributed by atoms with E-state index in [2.05, 4.69) is 5.32 Å². The number of halogens is 2. The molecular weight excluding hydrogens is 416 g/mol. The van der Waals surface area contributed by atoms with Crippen molar-refractivity contribution in [2.24, 2.45) is 0 Å². The van der Waals surface area contributed by atoms with Crippen molar-refractivity contribution in [1.29, 1.82) is 0 Å². The highest BCUT2D eigenvalue weighted by molar-refractivity contribution is 5.95. The molecule has 5 nitrogen and oxygen atoms in total. The Bertz CT molecular complexity index is 994. The van der Waals surface area contributed by atoms with Crippen LogP contribution in [0.5, 0.6) is 11.5 Å². The molecule has 172 valence electrons. The number of aliphatic hydroxyl groups is 1. The molecule has 0 fully saturated rings. The van der Waals surface area contributed by atoms with Gasteiger partial charge in [-0.1, -0.05) is 6.07 Å². The number of alkyl halides is 2. The number of carbonyl (C=O) groups excluding carboxylic acids is 1. The molecule has 2 aromatic carbocycles. The summed E-state index contributed by atoms with van der Waals surface area (Å²) in [5.41, 5.74) is 2.52. The molecule has 2 N–H and O–H groups in total. The van der Waals surface area contributed by atoms with Crippen LogP contribution < -0.4 is 14.8 Å². The molecule has 3 unspecified atom stereocenters. The summed E-state index contributed by atoms with van der Waals surface area (Å²) < 4.78 is 37.8. The Kier molecular flexibility index (Phi) is 6.38. The van der Waals surface area contributed by atoms with Crippen LogP contribution in [0, 0.1) is 0 Å². The Labute approximate surface area is 186 Å². The molecule has 1 amide bonds. The maximum absolute atomic E-state index is 13.5. The van der Waals surface area contributed by atoms with Crippen LogP contribution in [0.1, 0.15) is 59.8 Å². The Balaban J connectivity index is 1.57. The first kappa shape index (κ1) is 22.5.